The summed E-state index contributed by atoms with van der Waals surface area (Å²) in [6.07, 6.45) is 0. The monoisotopic (exact) mass is 492 g/mol. The van der Waals surface area contributed by atoms with Crippen molar-refractivity contribution in [3.8, 4) is 11.5 Å². The predicted octanol–water partition coefficient (Wildman–Crippen LogP) is 5.39. The Hall–Kier alpha value is -3.69. The Morgan fingerprint density at radius 2 is 1.97 bits per heavy atom. The number of nitrogens with zero attached hydrogens (tertiary/aromatic N) is 2. The van der Waals surface area contributed by atoms with Gasteiger partial charge in [0, 0.05) is 10.4 Å². The van der Waals surface area contributed by atoms with Crippen LogP contribution in [-0.2, 0) is 9.59 Å². The summed E-state index contributed by atoms with van der Waals surface area (Å²) in [5, 5.41) is 13.4. The first-order valence-electron chi connectivity index (χ1n) is 10.5. The Kier molecular flexibility index (Phi) is 5.80. The van der Waals surface area contributed by atoms with Gasteiger partial charge in [0.25, 0.3) is 5.78 Å². The maximum atomic E-state index is 13.3. The molecular formula is C25H20N2O5S2. The van der Waals surface area contributed by atoms with E-state index in [1.54, 1.807) is 24.3 Å². The summed E-state index contributed by atoms with van der Waals surface area (Å²) in [7, 11) is 1.52. The van der Waals surface area contributed by atoms with Gasteiger partial charge in [-0.15, -0.1) is 11.3 Å². The third kappa shape index (κ3) is 3.72. The molecule has 1 aliphatic heterocycles. The van der Waals surface area contributed by atoms with Gasteiger partial charge in [0.2, 0.25) is 0 Å². The highest BCUT2D eigenvalue weighted by Crippen LogP contribution is 2.45. The molecule has 4 aromatic rings. The molecule has 3 heterocycles. The molecule has 0 saturated carbocycles. The molecule has 1 saturated heterocycles. The SMILES string of the molecule is CCOc1ccc2nc(N3C(=O)C(=O)C(=C(O)c4cccc(OC)c4)C3c3cccs3)sc2c1. The standard InChI is InChI=1S/C25H20N2O5S2/c1-3-32-16-9-10-17-19(13-16)34-25(26-17)27-21(18-8-5-11-33-18)20(23(29)24(27)30)22(28)14-6-4-7-15(12-14)31-2/h4-13,21,28H,3H2,1-2H3. The van der Waals surface area contributed by atoms with Gasteiger partial charge in [0.05, 0.1) is 29.5 Å². The summed E-state index contributed by atoms with van der Waals surface area (Å²) in [5.74, 6) is -0.500. The Balaban J connectivity index is 1.66. The summed E-state index contributed by atoms with van der Waals surface area (Å²) in [6.45, 7) is 2.44. The van der Waals surface area contributed by atoms with Crippen molar-refractivity contribution in [2.75, 3.05) is 18.6 Å². The number of carbonyl (C=O) groups is 2. The number of thiophene rings is 1. The largest absolute Gasteiger partial charge is 0.507 e. The van der Waals surface area contributed by atoms with Crippen LogP contribution in [0.2, 0.25) is 0 Å². The lowest BCUT2D eigenvalue weighted by Gasteiger charge is -2.21. The molecule has 2 aromatic carbocycles. The fourth-order valence-corrected chi connectivity index (χ4v) is 5.77. The summed E-state index contributed by atoms with van der Waals surface area (Å²) in [5.41, 5.74) is 1.11. The van der Waals surface area contributed by atoms with E-state index >= 15 is 0 Å². The first-order valence-corrected chi connectivity index (χ1v) is 12.2. The zero-order valence-corrected chi connectivity index (χ0v) is 20.0. The Labute approximate surface area is 203 Å². The van der Waals surface area contributed by atoms with Gasteiger partial charge in [0.1, 0.15) is 23.3 Å². The first-order chi connectivity index (χ1) is 16.5. The molecule has 0 spiro atoms. The van der Waals surface area contributed by atoms with Crippen molar-refractivity contribution in [2.45, 2.75) is 13.0 Å². The van der Waals surface area contributed by atoms with Crippen molar-refractivity contribution < 1.29 is 24.2 Å². The van der Waals surface area contributed by atoms with Crippen LogP contribution in [0.3, 0.4) is 0 Å². The molecule has 34 heavy (non-hydrogen) atoms. The van der Waals surface area contributed by atoms with Crippen LogP contribution < -0.4 is 14.4 Å². The molecule has 0 bridgehead atoms. The number of benzene rings is 2. The third-order valence-corrected chi connectivity index (χ3v) is 7.41. The average Bonchev–Trinajstić information content (AvgIpc) is 3.57. The minimum Gasteiger partial charge on any atom is -0.507 e. The summed E-state index contributed by atoms with van der Waals surface area (Å²) >= 11 is 2.70. The number of aromatic nitrogens is 1. The number of methoxy groups -OCH3 is 1. The average molecular weight is 493 g/mol. The van der Waals surface area contributed by atoms with E-state index in [0.29, 0.717) is 34.3 Å². The predicted molar refractivity (Wildman–Crippen MR) is 133 cm³/mol. The Morgan fingerprint density at radius 3 is 2.71 bits per heavy atom. The molecule has 0 radical (unpaired) electrons. The molecule has 1 amide bonds. The van der Waals surface area contributed by atoms with Crippen LogP contribution in [0.4, 0.5) is 5.13 Å². The molecule has 172 valence electrons. The number of Topliss-reactive ketones (excluding diaryl/α,β-unsaturated/α-hetero) is 1. The molecule has 1 N–H and O–H groups in total. The fraction of sp³-hybridized carbons (Fsp3) is 0.160. The number of anilines is 1. The van der Waals surface area contributed by atoms with Gasteiger partial charge in [-0.05, 0) is 48.7 Å². The van der Waals surface area contributed by atoms with E-state index in [-0.39, 0.29) is 11.3 Å². The van der Waals surface area contributed by atoms with Crippen LogP contribution >= 0.6 is 22.7 Å². The number of aliphatic hydroxyl groups is 1. The second-order valence-electron chi connectivity index (χ2n) is 7.48. The lowest BCUT2D eigenvalue weighted by Crippen LogP contribution is -2.28. The Morgan fingerprint density at radius 1 is 1.12 bits per heavy atom. The minimum absolute atomic E-state index is 0.0231. The van der Waals surface area contributed by atoms with E-state index in [9.17, 15) is 14.7 Å². The van der Waals surface area contributed by atoms with Gasteiger partial charge in [-0.1, -0.05) is 29.5 Å². The molecule has 2 aromatic heterocycles. The number of aliphatic hydroxyl groups excluding tert-OH is 1. The van der Waals surface area contributed by atoms with Crippen LogP contribution in [0, 0.1) is 0 Å². The van der Waals surface area contributed by atoms with Crippen molar-refractivity contribution in [1.29, 1.82) is 0 Å². The second kappa shape index (κ2) is 8.92. The van der Waals surface area contributed by atoms with Gasteiger partial charge in [0.15, 0.2) is 5.13 Å². The van der Waals surface area contributed by atoms with Crippen LogP contribution in [0.5, 0.6) is 11.5 Å². The molecule has 7 nitrogen and oxygen atoms in total. The molecule has 0 aliphatic carbocycles. The van der Waals surface area contributed by atoms with Gasteiger partial charge in [-0.3, -0.25) is 14.5 Å². The maximum Gasteiger partial charge on any atom is 0.301 e. The number of rotatable bonds is 6. The molecule has 1 fully saturated rings. The Bertz CT molecular complexity index is 1420. The molecule has 1 unspecified atom stereocenters. The van der Waals surface area contributed by atoms with Gasteiger partial charge in [-0.2, -0.15) is 0 Å². The van der Waals surface area contributed by atoms with E-state index in [2.05, 4.69) is 4.98 Å². The van der Waals surface area contributed by atoms with Crippen molar-refractivity contribution in [3.63, 3.8) is 0 Å². The number of hydrogen-bond donors (Lipinski definition) is 1. The number of ether oxygens (including phenoxy) is 2. The summed E-state index contributed by atoms with van der Waals surface area (Å²) in [6, 6.07) is 15.2. The normalized spacial score (nSPS) is 17.5. The van der Waals surface area contributed by atoms with Crippen molar-refractivity contribution in [3.05, 3.63) is 76.0 Å². The lowest BCUT2D eigenvalue weighted by molar-refractivity contribution is -0.132. The molecule has 1 aliphatic rings. The quantitative estimate of drug-likeness (QED) is 0.221. The van der Waals surface area contributed by atoms with E-state index in [1.165, 1.54) is 34.7 Å². The van der Waals surface area contributed by atoms with Crippen LogP contribution in [0.1, 0.15) is 23.4 Å². The zero-order valence-electron chi connectivity index (χ0n) is 18.3. The van der Waals surface area contributed by atoms with Crippen LogP contribution in [0.15, 0.2) is 65.6 Å². The number of hydrogen-bond acceptors (Lipinski definition) is 8. The molecule has 5 rings (SSSR count). The van der Waals surface area contributed by atoms with Crippen LogP contribution in [-0.4, -0.2) is 35.5 Å². The van der Waals surface area contributed by atoms with Gasteiger partial charge < -0.3 is 14.6 Å². The third-order valence-electron chi connectivity index (χ3n) is 5.47. The number of carbonyl (C=O) groups excluding carboxylic acids is 2. The zero-order chi connectivity index (χ0) is 23.8. The van der Waals surface area contributed by atoms with E-state index in [0.717, 1.165) is 9.58 Å². The molecule has 1 atom stereocenters. The summed E-state index contributed by atoms with van der Waals surface area (Å²) in [4.78, 5) is 33.3. The number of fused-ring (bicyclic) bond motifs is 1. The first kappa shape index (κ1) is 22.1. The van der Waals surface area contributed by atoms with E-state index < -0.39 is 17.7 Å². The number of ketones is 1. The molecular weight excluding hydrogens is 472 g/mol. The maximum absolute atomic E-state index is 13.3. The van der Waals surface area contributed by atoms with Crippen molar-refractivity contribution in [2.24, 2.45) is 0 Å². The van der Waals surface area contributed by atoms with Crippen LogP contribution in [0.25, 0.3) is 16.0 Å². The topological polar surface area (TPSA) is 89.0 Å². The number of amides is 1. The lowest BCUT2D eigenvalue weighted by atomic mass is 10.00. The highest BCUT2D eigenvalue weighted by atomic mass is 32.1. The second-order valence-corrected chi connectivity index (χ2v) is 9.46. The smallest absolute Gasteiger partial charge is 0.301 e. The van der Waals surface area contributed by atoms with Gasteiger partial charge >= 0.3 is 5.91 Å². The van der Waals surface area contributed by atoms with E-state index in [1.807, 2.05) is 42.6 Å². The highest BCUT2D eigenvalue weighted by molar-refractivity contribution is 7.22. The van der Waals surface area contributed by atoms with Crippen molar-refractivity contribution in [1.82, 2.24) is 4.98 Å². The van der Waals surface area contributed by atoms with Crippen molar-refractivity contribution >= 4 is 55.5 Å². The molecule has 9 heteroatoms. The fourth-order valence-electron chi connectivity index (χ4n) is 3.92. The minimum atomic E-state index is -0.793. The van der Waals surface area contributed by atoms with E-state index in [4.69, 9.17) is 9.47 Å². The number of thiazole rings is 1. The summed E-state index contributed by atoms with van der Waals surface area (Å²) < 4.78 is 11.7. The van der Waals surface area contributed by atoms with Gasteiger partial charge in [-0.25, -0.2) is 4.98 Å². The highest BCUT2D eigenvalue weighted by Gasteiger charge is 2.48.